The fraction of sp³-hybridized carbons (Fsp3) is 0.0769. The van der Waals surface area contributed by atoms with E-state index in [0.717, 1.165) is 12.1 Å². The largest absolute Gasteiger partial charge is 0.381 e. The summed E-state index contributed by atoms with van der Waals surface area (Å²) in [5, 5.41) is 13.3. The third-order valence-electron chi connectivity index (χ3n) is 2.53. The minimum Gasteiger partial charge on any atom is -0.381 e. The fourth-order valence-electron chi connectivity index (χ4n) is 1.62. The van der Waals surface area contributed by atoms with Crippen LogP contribution in [0.1, 0.15) is 5.56 Å². The van der Waals surface area contributed by atoms with E-state index in [9.17, 15) is 18.9 Å². The van der Waals surface area contributed by atoms with E-state index in [1.165, 1.54) is 18.2 Å². The molecule has 0 aliphatic heterocycles. The van der Waals surface area contributed by atoms with Gasteiger partial charge in [0.25, 0.3) is 0 Å². The Balaban J connectivity index is 2.08. The van der Waals surface area contributed by atoms with E-state index in [1.807, 2.05) is 0 Å². The fourth-order valence-corrected chi connectivity index (χ4v) is 1.62. The normalized spacial score (nSPS) is 10.2. The summed E-state index contributed by atoms with van der Waals surface area (Å²) in [6.07, 6.45) is 0. The van der Waals surface area contributed by atoms with Crippen LogP contribution in [-0.2, 0) is 6.54 Å². The molecule has 0 amide bonds. The van der Waals surface area contributed by atoms with Crippen molar-refractivity contribution in [2.45, 2.75) is 6.54 Å². The van der Waals surface area contributed by atoms with Crippen LogP contribution in [0.15, 0.2) is 42.5 Å². The van der Waals surface area contributed by atoms with Crippen molar-refractivity contribution < 1.29 is 13.7 Å². The number of hydrogen-bond acceptors (Lipinski definition) is 3. The summed E-state index contributed by atoms with van der Waals surface area (Å²) in [4.78, 5) is 9.67. The maximum atomic E-state index is 13.3. The zero-order valence-electron chi connectivity index (χ0n) is 9.77. The van der Waals surface area contributed by atoms with Gasteiger partial charge in [0.05, 0.1) is 4.92 Å². The summed E-state index contributed by atoms with van der Waals surface area (Å²) in [5.41, 5.74) is 0.516. The van der Waals surface area contributed by atoms with Crippen LogP contribution in [0.3, 0.4) is 0 Å². The van der Waals surface area contributed by atoms with E-state index in [4.69, 9.17) is 0 Å². The third-order valence-corrected chi connectivity index (χ3v) is 2.53. The first-order chi connectivity index (χ1) is 9.06. The molecule has 0 saturated heterocycles. The minimum absolute atomic E-state index is 0.301. The Morgan fingerprint density at radius 3 is 2.58 bits per heavy atom. The summed E-state index contributed by atoms with van der Waals surface area (Å²) in [6.45, 7) is 0.301. The molecule has 2 aromatic carbocycles. The van der Waals surface area contributed by atoms with E-state index in [1.54, 1.807) is 12.1 Å². The first-order valence-corrected chi connectivity index (χ1v) is 5.48. The lowest BCUT2D eigenvalue weighted by Crippen LogP contribution is -2.01. The lowest BCUT2D eigenvalue weighted by Gasteiger charge is -2.06. The highest BCUT2D eigenvalue weighted by Crippen LogP contribution is 2.21. The molecular weight excluding hydrogens is 254 g/mol. The van der Waals surface area contributed by atoms with E-state index >= 15 is 0 Å². The van der Waals surface area contributed by atoms with E-state index in [-0.39, 0.29) is 5.82 Å². The summed E-state index contributed by atoms with van der Waals surface area (Å²) >= 11 is 0. The Bertz CT molecular complexity index is 617. The van der Waals surface area contributed by atoms with Crippen molar-refractivity contribution in [3.63, 3.8) is 0 Å². The van der Waals surface area contributed by atoms with Crippen LogP contribution in [-0.4, -0.2) is 4.92 Å². The molecule has 0 atom stereocenters. The van der Waals surface area contributed by atoms with E-state index in [0.29, 0.717) is 17.8 Å². The van der Waals surface area contributed by atoms with E-state index < -0.39 is 16.4 Å². The Morgan fingerprint density at radius 2 is 1.95 bits per heavy atom. The molecule has 4 nitrogen and oxygen atoms in total. The van der Waals surface area contributed by atoms with Crippen LogP contribution in [0.5, 0.6) is 0 Å². The number of nitrogens with zero attached hydrogens (tertiary/aromatic N) is 1. The van der Waals surface area contributed by atoms with Crippen LogP contribution in [0.4, 0.5) is 20.2 Å². The van der Waals surface area contributed by atoms with Gasteiger partial charge in [-0.1, -0.05) is 12.1 Å². The topological polar surface area (TPSA) is 55.2 Å². The van der Waals surface area contributed by atoms with Crippen LogP contribution >= 0.6 is 0 Å². The van der Waals surface area contributed by atoms with Crippen molar-refractivity contribution in [1.82, 2.24) is 0 Å². The SMILES string of the molecule is O=[N+]([O-])c1ccc(NCc2cccc(F)c2)cc1F. The summed E-state index contributed by atoms with van der Waals surface area (Å²) in [6, 6.07) is 9.51. The standard InChI is InChI=1S/C13H10F2N2O2/c14-10-3-1-2-9(6-10)8-16-11-4-5-13(17(18)19)12(15)7-11/h1-7,16H,8H2. The molecule has 0 aliphatic carbocycles. The molecule has 0 unspecified atom stereocenters. The number of halogens is 2. The highest BCUT2D eigenvalue weighted by atomic mass is 19.1. The lowest BCUT2D eigenvalue weighted by molar-refractivity contribution is -0.387. The second-order valence-electron chi connectivity index (χ2n) is 3.91. The summed E-state index contributed by atoms with van der Waals surface area (Å²) in [7, 11) is 0. The van der Waals surface area contributed by atoms with Gasteiger partial charge in [-0.25, -0.2) is 4.39 Å². The molecule has 6 heteroatoms. The predicted octanol–water partition coefficient (Wildman–Crippen LogP) is 3.49. The average molecular weight is 264 g/mol. The van der Waals surface area contributed by atoms with Gasteiger partial charge in [-0.15, -0.1) is 0 Å². The number of nitro groups is 1. The molecule has 0 saturated carbocycles. The van der Waals surface area contributed by atoms with Crippen molar-refractivity contribution in [2.75, 3.05) is 5.32 Å². The van der Waals surface area contributed by atoms with Gasteiger partial charge in [0, 0.05) is 24.4 Å². The first kappa shape index (κ1) is 12.9. The molecule has 0 spiro atoms. The van der Waals surface area contributed by atoms with Crippen LogP contribution < -0.4 is 5.32 Å². The van der Waals surface area contributed by atoms with E-state index in [2.05, 4.69) is 5.32 Å². The maximum Gasteiger partial charge on any atom is 0.304 e. The molecule has 1 N–H and O–H groups in total. The molecule has 0 bridgehead atoms. The van der Waals surface area contributed by atoms with Crippen molar-refractivity contribution in [3.05, 3.63) is 69.8 Å². The monoisotopic (exact) mass is 264 g/mol. The third kappa shape index (κ3) is 3.25. The van der Waals surface area contributed by atoms with Crippen molar-refractivity contribution in [2.24, 2.45) is 0 Å². The van der Waals surface area contributed by atoms with Crippen molar-refractivity contribution in [1.29, 1.82) is 0 Å². The molecular formula is C13H10F2N2O2. The number of benzene rings is 2. The smallest absolute Gasteiger partial charge is 0.304 e. The Kier molecular flexibility index (Phi) is 3.70. The van der Waals surface area contributed by atoms with Crippen molar-refractivity contribution >= 4 is 11.4 Å². The Labute approximate surface area is 107 Å². The number of hydrogen-bond donors (Lipinski definition) is 1. The number of rotatable bonds is 4. The molecule has 2 aromatic rings. The van der Waals surface area contributed by atoms with Crippen LogP contribution in [0.2, 0.25) is 0 Å². The molecule has 2 rings (SSSR count). The van der Waals surface area contributed by atoms with Gasteiger partial charge in [0.2, 0.25) is 5.82 Å². The quantitative estimate of drug-likeness (QED) is 0.679. The van der Waals surface area contributed by atoms with Crippen molar-refractivity contribution in [3.8, 4) is 0 Å². The number of nitrogens with one attached hydrogen (secondary N) is 1. The molecule has 19 heavy (non-hydrogen) atoms. The Hall–Kier alpha value is -2.50. The average Bonchev–Trinajstić information content (AvgIpc) is 2.36. The van der Waals surface area contributed by atoms with Gasteiger partial charge in [-0.3, -0.25) is 10.1 Å². The van der Waals surface area contributed by atoms with Gasteiger partial charge < -0.3 is 5.32 Å². The molecule has 98 valence electrons. The lowest BCUT2D eigenvalue weighted by atomic mass is 10.2. The summed E-state index contributed by atoms with van der Waals surface area (Å²) < 4.78 is 26.3. The molecule has 0 fully saturated rings. The highest BCUT2D eigenvalue weighted by molar-refractivity contribution is 5.49. The zero-order chi connectivity index (χ0) is 13.8. The Morgan fingerprint density at radius 1 is 1.16 bits per heavy atom. The highest BCUT2D eigenvalue weighted by Gasteiger charge is 2.13. The zero-order valence-corrected chi connectivity index (χ0v) is 9.77. The number of nitro benzene ring substituents is 1. The van der Waals surface area contributed by atoms with Gasteiger partial charge in [0.1, 0.15) is 5.82 Å². The second-order valence-corrected chi connectivity index (χ2v) is 3.91. The first-order valence-electron chi connectivity index (χ1n) is 5.48. The molecule has 0 aromatic heterocycles. The predicted molar refractivity (Wildman–Crippen MR) is 66.8 cm³/mol. The number of anilines is 1. The second kappa shape index (κ2) is 5.43. The van der Waals surface area contributed by atoms with Crippen LogP contribution in [0, 0.1) is 21.7 Å². The van der Waals surface area contributed by atoms with Gasteiger partial charge in [0.15, 0.2) is 0 Å². The van der Waals surface area contributed by atoms with Gasteiger partial charge in [-0.05, 0) is 23.8 Å². The van der Waals surface area contributed by atoms with Gasteiger partial charge >= 0.3 is 5.69 Å². The molecule has 0 aliphatic rings. The molecule has 0 heterocycles. The van der Waals surface area contributed by atoms with Crippen LogP contribution in [0.25, 0.3) is 0 Å². The summed E-state index contributed by atoms with van der Waals surface area (Å²) in [5.74, 6) is -1.26. The van der Waals surface area contributed by atoms with Gasteiger partial charge in [-0.2, -0.15) is 4.39 Å². The molecule has 0 radical (unpaired) electrons. The minimum atomic E-state index is -0.908. The maximum absolute atomic E-state index is 13.3.